The average molecular weight is 234 g/mol. The predicted molar refractivity (Wildman–Crippen MR) is 68.4 cm³/mol. The van der Waals surface area contributed by atoms with Gasteiger partial charge in [0, 0.05) is 5.69 Å². The molecule has 3 heteroatoms. The molecule has 1 heterocycles. The molecule has 1 saturated carbocycles. The molecule has 0 spiro atoms. The van der Waals surface area contributed by atoms with Gasteiger partial charge in [0.15, 0.2) is 5.78 Å². The number of carbonyl (C=O) groups excluding carboxylic acids is 1. The van der Waals surface area contributed by atoms with Crippen molar-refractivity contribution in [3.05, 3.63) is 17.0 Å². The summed E-state index contributed by atoms with van der Waals surface area (Å²) in [5.74, 6) is 0.978. The maximum absolute atomic E-state index is 11.6. The monoisotopic (exact) mass is 234 g/mol. The van der Waals surface area contributed by atoms with Gasteiger partial charge in [-0.05, 0) is 52.4 Å². The van der Waals surface area contributed by atoms with Crippen molar-refractivity contribution in [2.75, 3.05) is 0 Å². The fourth-order valence-corrected chi connectivity index (χ4v) is 3.02. The van der Waals surface area contributed by atoms with Gasteiger partial charge in [-0.1, -0.05) is 6.92 Å². The van der Waals surface area contributed by atoms with Crippen LogP contribution in [0.1, 0.15) is 67.3 Å². The maximum Gasteiger partial charge on any atom is 0.163 e. The normalized spacial score (nSPS) is 24.9. The zero-order valence-corrected chi connectivity index (χ0v) is 11.3. The number of ketones is 1. The summed E-state index contributed by atoms with van der Waals surface area (Å²) in [7, 11) is 0. The van der Waals surface area contributed by atoms with E-state index >= 15 is 0 Å². The summed E-state index contributed by atoms with van der Waals surface area (Å²) in [6, 6.07) is 0.498. The standard InChI is InChI=1S/C14H22N2O/c1-9-5-7-13(8-6-9)16-11(3)14(12(4)17)10(2)15-16/h9,13H,5-8H2,1-4H3. The van der Waals surface area contributed by atoms with E-state index < -0.39 is 0 Å². The lowest BCUT2D eigenvalue weighted by atomic mass is 9.87. The Hall–Kier alpha value is -1.12. The highest BCUT2D eigenvalue weighted by atomic mass is 16.1. The quantitative estimate of drug-likeness (QED) is 0.734. The highest BCUT2D eigenvalue weighted by Gasteiger charge is 2.24. The average Bonchev–Trinajstić information content (AvgIpc) is 2.55. The molecule has 0 bridgehead atoms. The predicted octanol–water partition coefficient (Wildman–Crippen LogP) is 3.45. The maximum atomic E-state index is 11.6. The first-order valence-electron chi connectivity index (χ1n) is 6.57. The van der Waals surface area contributed by atoms with Gasteiger partial charge in [-0.2, -0.15) is 5.10 Å². The van der Waals surface area contributed by atoms with Crippen molar-refractivity contribution in [3.63, 3.8) is 0 Å². The first-order valence-corrected chi connectivity index (χ1v) is 6.57. The van der Waals surface area contributed by atoms with Crippen LogP contribution < -0.4 is 0 Å². The third kappa shape index (κ3) is 2.28. The van der Waals surface area contributed by atoms with Gasteiger partial charge in [0.2, 0.25) is 0 Å². The van der Waals surface area contributed by atoms with Crippen LogP contribution in [0, 0.1) is 19.8 Å². The van der Waals surface area contributed by atoms with E-state index in [2.05, 4.69) is 16.7 Å². The second kappa shape index (κ2) is 4.63. The zero-order chi connectivity index (χ0) is 12.6. The van der Waals surface area contributed by atoms with Gasteiger partial charge >= 0.3 is 0 Å². The molecule has 0 amide bonds. The number of hydrogen-bond donors (Lipinski definition) is 0. The lowest BCUT2D eigenvalue weighted by Crippen LogP contribution is -2.19. The Morgan fingerprint density at radius 3 is 2.29 bits per heavy atom. The van der Waals surface area contributed by atoms with Crippen LogP contribution in [0.3, 0.4) is 0 Å². The van der Waals surface area contributed by atoms with Crippen molar-refractivity contribution in [1.29, 1.82) is 0 Å². The number of nitrogens with zero attached hydrogens (tertiary/aromatic N) is 2. The molecule has 1 fully saturated rings. The molecule has 0 unspecified atom stereocenters. The lowest BCUT2D eigenvalue weighted by Gasteiger charge is -2.27. The molecule has 17 heavy (non-hydrogen) atoms. The first-order chi connectivity index (χ1) is 8.00. The molecule has 0 radical (unpaired) electrons. The van der Waals surface area contributed by atoms with Crippen molar-refractivity contribution in [2.24, 2.45) is 5.92 Å². The van der Waals surface area contributed by atoms with Crippen LogP contribution in [-0.2, 0) is 0 Å². The molecule has 94 valence electrons. The summed E-state index contributed by atoms with van der Waals surface area (Å²) in [6.07, 6.45) is 4.94. The third-order valence-corrected chi connectivity index (χ3v) is 4.01. The van der Waals surface area contributed by atoms with Crippen LogP contribution in [-0.4, -0.2) is 15.6 Å². The summed E-state index contributed by atoms with van der Waals surface area (Å²) >= 11 is 0. The minimum atomic E-state index is 0.135. The van der Waals surface area contributed by atoms with Crippen LogP contribution in [0.2, 0.25) is 0 Å². The second-order valence-corrected chi connectivity index (χ2v) is 5.46. The fourth-order valence-electron chi connectivity index (χ4n) is 3.02. The van der Waals surface area contributed by atoms with E-state index in [-0.39, 0.29) is 5.78 Å². The van der Waals surface area contributed by atoms with Crippen LogP contribution in [0.4, 0.5) is 0 Å². The Kier molecular flexibility index (Phi) is 3.36. The van der Waals surface area contributed by atoms with Crippen LogP contribution in [0.15, 0.2) is 0 Å². The molecule has 1 aliphatic carbocycles. The molecule has 1 aromatic heterocycles. The molecule has 0 N–H and O–H groups in total. The van der Waals surface area contributed by atoms with E-state index in [1.165, 1.54) is 25.7 Å². The molecule has 3 nitrogen and oxygen atoms in total. The second-order valence-electron chi connectivity index (χ2n) is 5.46. The van der Waals surface area contributed by atoms with Gasteiger partial charge in [-0.3, -0.25) is 9.48 Å². The minimum Gasteiger partial charge on any atom is -0.294 e. The molecule has 1 aromatic rings. The largest absolute Gasteiger partial charge is 0.294 e. The summed E-state index contributed by atoms with van der Waals surface area (Å²) in [4.78, 5) is 11.6. The molecule has 1 aliphatic rings. The van der Waals surface area contributed by atoms with Crippen LogP contribution in [0.25, 0.3) is 0 Å². The van der Waals surface area contributed by atoms with E-state index in [4.69, 9.17) is 0 Å². The van der Waals surface area contributed by atoms with E-state index in [1.54, 1.807) is 6.92 Å². The van der Waals surface area contributed by atoms with Crippen molar-refractivity contribution < 1.29 is 4.79 Å². The van der Waals surface area contributed by atoms with E-state index in [0.717, 1.165) is 22.9 Å². The van der Waals surface area contributed by atoms with Gasteiger partial charge < -0.3 is 0 Å². The summed E-state index contributed by atoms with van der Waals surface area (Å²) in [5.41, 5.74) is 2.76. The van der Waals surface area contributed by atoms with Gasteiger partial charge in [0.05, 0.1) is 17.3 Å². The zero-order valence-electron chi connectivity index (χ0n) is 11.3. The Morgan fingerprint density at radius 1 is 1.24 bits per heavy atom. The van der Waals surface area contributed by atoms with Crippen molar-refractivity contribution in [1.82, 2.24) is 9.78 Å². The van der Waals surface area contributed by atoms with Crippen LogP contribution >= 0.6 is 0 Å². The molecule has 2 rings (SSSR count). The number of carbonyl (C=O) groups is 1. The van der Waals surface area contributed by atoms with E-state index in [9.17, 15) is 4.79 Å². The SMILES string of the molecule is CC(=O)c1c(C)nn(C2CCC(C)CC2)c1C. The Bertz CT molecular complexity index is 426. The number of Topliss-reactive ketones (excluding diaryl/α,β-unsaturated/α-hetero) is 1. The van der Waals surface area contributed by atoms with Crippen molar-refractivity contribution >= 4 is 5.78 Å². The highest BCUT2D eigenvalue weighted by molar-refractivity contribution is 5.96. The Labute approximate surface area is 103 Å². The van der Waals surface area contributed by atoms with Crippen molar-refractivity contribution in [3.8, 4) is 0 Å². The number of aryl methyl sites for hydroxylation is 1. The number of hydrogen-bond acceptors (Lipinski definition) is 2. The first kappa shape index (κ1) is 12.3. The topological polar surface area (TPSA) is 34.9 Å². The van der Waals surface area contributed by atoms with E-state index in [0.29, 0.717) is 6.04 Å². The highest BCUT2D eigenvalue weighted by Crippen LogP contribution is 2.33. The Morgan fingerprint density at radius 2 is 1.82 bits per heavy atom. The van der Waals surface area contributed by atoms with Gasteiger partial charge in [-0.15, -0.1) is 0 Å². The number of aromatic nitrogens is 2. The lowest BCUT2D eigenvalue weighted by molar-refractivity contribution is 0.101. The summed E-state index contributed by atoms with van der Waals surface area (Å²) in [5, 5.41) is 4.58. The molecular weight excluding hydrogens is 212 g/mol. The third-order valence-electron chi connectivity index (χ3n) is 4.01. The molecule has 0 aromatic carbocycles. The van der Waals surface area contributed by atoms with Gasteiger partial charge in [0.25, 0.3) is 0 Å². The Balaban J connectivity index is 2.28. The van der Waals surface area contributed by atoms with Gasteiger partial charge in [-0.25, -0.2) is 0 Å². The molecule has 0 aliphatic heterocycles. The molecular formula is C14H22N2O. The fraction of sp³-hybridized carbons (Fsp3) is 0.714. The minimum absolute atomic E-state index is 0.135. The van der Waals surface area contributed by atoms with E-state index in [1.807, 2.05) is 13.8 Å². The number of rotatable bonds is 2. The van der Waals surface area contributed by atoms with Gasteiger partial charge in [0.1, 0.15) is 0 Å². The molecule has 0 atom stereocenters. The molecule has 0 saturated heterocycles. The summed E-state index contributed by atoms with van der Waals surface area (Å²) in [6.45, 7) is 7.91. The smallest absolute Gasteiger partial charge is 0.163 e. The summed E-state index contributed by atoms with van der Waals surface area (Å²) < 4.78 is 2.10. The van der Waals surface area contributed by atoms with Crippen molar-refractivity contribution in [2.45, 2.75) is 59.4 Å². The van der Waals surface area contributed by atoms with Crippen LogP contribution in [0.5, 0.6) is 0 Å².